The molecule has 3 aliphatic carbocycles. The van der Waals surface area contributed by atoms with Crippen LogP contribution in [0.2, 0.25) is 0 Å². The number of fused-ring (bicyclic) bond motifs is 3. The minimum Gasteiger partial charge on any atom is -0.504 e. The molecular weight excluding hydrogens is 506 g/mol. The van der Waals surface area contributed by atoms with Gasteiger partial charge in [-0.3, -0.25) is 24.1 Å². The molecule has 4 atom stereocenters. The Bertz CT molecular complexity index is 1590. The lowest BCUT2D eigenvalue weighted by molar-refractivity contribution is -0.123. The first-order valence-corrected chi connectivity index (χ1v) is 13.5. The van der Waals surface area contributed by atoms with Gasteiger partial charge in [-0.2, -0.15) is 0 Å². The molecular formula is C33H29NO6. The fourth-order valence-electron chi connectivity index (χ4n) is 6.80. The van der Waals surface area contributed by atoms with E-state index in [1.165, 1.54) is 11.0 Å². The largest absolute Gasteiger partial charge is 0.504 e. The second kappa shape index (κ2) is 9.59. The number of carbonyl (C=O) groups excluding carboxylic acids is 4. The molecule has 0 radical (unpaired) electrons. The molecule has 202 valence electrons. The number of hydrogen-bond donors (Lipinski definition) is 1. The molecule has 0 saturated carbocycles. The van der Waals surface area contributed by atoms with Crippen LogP contribution < -0.4 is 9.64 Å². The molecule has 0 bridgehead atoms. The van der Waals surface area contributed by atoms with Gasteiger partial charge in [0.15, 0.2) is 23.1 Å². The number of phenolic OH excluding ortho intramolecular Hbond substituents is 1. The summed E-state index contributed by atoms with van der Waals surface area (Å²) in [4.78, 5) is 55.7. The lowest BCUT2D eigenvalue weighted by Gasteiger charge is -2.42. The molecule has 0 spiro atoms. The Morgan fingerprint density at radius 2 is 1.80 bits per heavy atom. The SMILES string of the molecule is C=Cc1ccc(N2C(=O)C3CC=C4C(c5cccc(OCC)c5O)C5=C(CC4C3C2=O)C(=O)C(C)=CC5=O)cc1. The molecule has 2 aromatic rings. The Labute approximate surface area is 232 Å². The van der Waals surface area contributed by atoms with Gasteiger partial charge in [0, 0.05) is 28.2 Å². The fourth-order valence-corrected chi connectivity index (χ4v) is 6.80. The van der Waals surface area contributed by atoms with E-state index < -0.39 is 23.7 Å². The lowest BCUT2D eigenvalue weighted by atomic mass is 9.59. The summed E-state index contributed by atoms with van der Waals surface area (Å²) >= 11 is 0. The number of ketones is 2. The van der Waals surface area contributed by atoms with Crippen LogP contribution >= 0.6 is 0 Å². The van der Waals surface area contributed by atoms with Crippen LogP contribution in [0.25, 0.3) is 6.08 Å². The molecule has 0 aromatic heterocycles. The molecule has 40 heavy (non-hydrogen) atoms. The zero-order chi connectivity index (χ0) is 28.3. The van der Waals surface area contributed by atoms with E-state index in [0.717, 1.165) is 11.1 Å². The van der Waals surface area contributed by atoms with E-state index in [2.05, 4.69) is 6.58 Å². The van der Waals surface area contributed by atoms with Crippen LogP contribution in [0, 0.1) is 17.8 Å². The minimum absolute atomic E-state index is 0.103. The van der Waals surface area contributed by atoms with E-state index in [9.17, 15) is 24.3 Å². The van der Waals surface area contributed by atoms with Gasteiger partial charge in [-0.1, -0.05) is 48.6 Å². The van der Waals surface area contributed by atoms with Gasteiger partial charge in [-0.15, -0.1) is 0 Å². The summed E-state index contributed by atoms with van der Waals surface area (Å²) in [5, 5.41) is 11.2. The molecule has 2 amide bonds. The Hall–Kier alpha value is -4.52. The fraction of sp³-hybridized carbons (Fsp3) is 0.273. The molecule has 1 aliphatic heterocycles. The van der Waals surface area contributed by atoms with Crippen molar-refractivity contribution in [1.29, 1.82) is 0 Å². The first-order valence-electron chi connectivity index (χ1n) is 13.5. The van der Waals surface area contributed by atoms with Gasteiger partial charge in [0.1, 0.15) is 0 Å². The van der Waals surface area contributed by atoms with Crippen molar-refractivity contribution >= 4 is 35.1 Å². The van der Waals surface area contributed by atoms with Crippen LogP contribution in [0.15, 0.2) is 83.5 Å². The number of nitrogens with zero attached hydrogens (tertiary/aromatic N) is 1. The van der Waals surface area contributed by atoms with E-state index in [0.29, 0.717) is 41.0 Å². The standard InChI is InChI=1S/C33H29NO6/c1-4-18-9-11-19(12-10-18)34-32(38)22-14-13-20-23(28(22)33(34)39)16-24-29(25(35)15-17(3)30(24)36)27(20)21-7-6-8-26(31(21)37)40-5-2/h4,6-13,15,22-23,27-28,37H,1,5,14,16H2,2-3H3. The Morgan fingerprint density at radius 3 is 2.50 bits per heavy atom. The maximum atomic E-state index is 14.0. The number of hydrogen-bond acceptors (Lipinski definition) is 6. The van der Waals surface area contributed by atoms with Gasteiger partial charge >= 0.3 is 0 Å². The second-order valence-corrected chi connectivity index (χ2v) is 10.7. The van der Waals surface area contributed by atoms with E-state index >= 15 is 0 Å². The number of aromatic hydroxyl groups is 1. The molecule has 1 saturated heterocycles. The quantitative estimate of drug-likeness (QED) is 0.326. The molecule has 4 aliphatic rings. The Morgan fingerprint density at radius 1 is 1.05 bits per heavy atom. The zero-order valence-electron chi connectivity index (χ0n) is 22.3. The van der Waals surface area contributed by atoms with Crippen molar-refractivity contribution in [2.24, 2.45) is 17.8 Å². The zero-order valence-corrected chi connectivity index (χ0v) is 22.3. The normalized spacial score (nSPS) is 25.7. The van der Waals surface area contributed by atoms with E-state index in [4.69, 9.17) is 4.74 Å². The van der Waals surface area contributed by atoms with Crippen LogP contribution in [0.3, 0.4) is 0 Å². The predicted molar refractivity (Wildman–Crippen MR) is 150 cm³/mol. The number of rotatable bonds is 5. The van der Waals surface area contributed by atoms with Crippen molar-refractivity contribution in [3.05, 3.63) is 94.6 Å². The van der Waals surface area contributed by atoms with Gasteiger partial charge < -0.3 is 9.84 Å². The highest BCUT2D eigenvalue weighted by Gasteiger charge is 2.56. The van der Waals surface area contributed by atoms with Crippen LogP contribution in [0.4, 0.5) is 5.69 Å². The van der Waals surface area contributed by atoms with Gasteiger partial charge in [-0.25, -0.2) is 0 Å². The maximum Gasteiger partial charge on any atom is 0.238 e. The van der Waals surface area contributed by atoms with E-state index in [1.54, 1.807) is 55.5 Å². The number of anilines is 1. The first-order chi connectivity index (χ1) is 19.3. The average Bonchev–Trinajstić information content (AvgIpc) is 3.21. The summed E-state index contributed by atoms with van der Waals surface area (Å²) in [6.07, 6.45) is 5.48. The third kappa shape index (κ3) is 3.72. The summed E-state index contributed by atoms with van der Waals surface area (Å²) in [6.45, 7) is 7.51. The molecule has 7 nitrogen and oxygen atoms in total. The van der Waals surface area contributed by atoms with Crippen molar-refractivity contribution in [3.63, 3.8) is 0 Å². The number of carbonyl (C=O) groups is 4. The number of ether oxygens (including phenoxy) is 1. The molecule has 1 fully saturated rings. The molecule has 6 rings (SSSR count). The van der Waals surface area contributed by atoms with Gasteiger partial charge in [0.25, 0.3) is 0 Å². The topological polar surface area (TPSA) is 101 Å². The van der Waals surface area contributed by atoms with Crippen LogP contribution in [-0.2, 0) is 19.2 Å². The number of amides is 2. The third-order valence-corrected chi connectivity index (χ3v) is 8.59. The molecule has 1 heterocycles. The predicted octanol–water partition coefficient (Wildman–Crippen LogP) is 5.07. The number of Topliss-reactive ketones (excluding diaryl/α,β-unsaturated/α-hetero) is 1. The summed E-state index contributed by atoms with van der Waals surface area (Å²) < 4.78 is 5.62. The van der Waals surface area contributed by atoms with E-state index in [-0.39, 0.29) is 41.3 Å². The smallest absolute Gasteiger partial charge is 0.238 e. The molecule has 4 unspecified atom stereocenters. The van der Waals surface area contributed by atoms with E-state index in [1.807, 2.05) is 13.0 Å². The van der Waals surface area contributed by atoms with Crippen molar-refractivity contribution in [2.45, 2.75) is 32.6 Å². The summed E-state index contributed by atoms with van der Waals surface area (Å²) in [5.41, 5.74) is 3.61. The van der Waals surface area contributed by atoms with Gasteiger partial charge in [0.05, 0.1) is 24.1 Å². The Balaban J connectivity index is 1.48. The van der Waals surface area contributed by atoms with Crippen LogP contribution in [-0.4, -0.2) is 35.1 Å². The minimum atomic E-state index is -0.736. The number of allylic oxidation sites excluding steroid dienone is 6. The summed E-state index contributed by atoms with van der Waals surface area (Å²) in [6, 6.07) is 12.2. The van der Waals surface area contributed by atoms with Crippen molar-refractivity contribution in [3.8, 4) is 11.5 Å². The lowest BCUT2D eigenvalue weighted by Crippen LogP contribution is -2.39. The number of benzene rings is 2. The van der Waals surface area contributed by atoms with Crippen molar-refractivity contribution in [1.82, 2.24) is 0 Å². The number of imide groups is 1. The molecule has 2 aromatic carbocycles. The van der Waals surface area contributed by atoms with Crippen molar-refractivity contribution < 1.29 is 29.0 Å². The highest BCUT2D eigenvalue weighted by Crippen LogP contribution is 2.57. The van der Waals surface area contributed by atoms with Crippen molar-refractivity contribution in [2.75, 3.05) is 11.5 Å². The second-order valence-electron chi connectivity index (χ2n) is 10.7. The molecule has 7 heteroatoms. The third-order valence-electron chi connectivity index (χ3n) is 8.59. The molecule has 1 N–H and O–H groups in total. The van der Waals surface area contributed by atoms with Gasteiger partial charge in [0.2, 0.25) is 11.8 Å². The van der Waals surface area contributed by atoms with Crippen LogP contribution in [0.1, 0.15) is 43.7 Å². The highest BCUT2D eigenvalue weighted by atomic mass is 16.5. The monoisotopic (exact) mass is 535 g/mol. The van der Waals surface area contributed by atoms with Crippen LogP contribution in [0.5, 0.6) is 11.5 Å². The summed E-state index contributed by atoms with van der Waals surface area (Å²) in [5.74, 6) is -3.39. The van der Waals surface area contributed by atoms with Gasteiger partial charge in [-0.05, 0) is 62.4 Å². The maximum absolute atomic E-state index is 14.0. The highest BCUT2D eigenvalue weighted by molar-refractivity contribution is 6.25. The first kappa shape index (κ1) is 25.7. The number of phenols is 1. The summed E-state index contributed by atoms with van der Waals surface area (Å²) in [7, 11) is 0. The Kier molecular flexibility index (Phi) is 6.17. The average molecular weight is 536 g/mol. The number of para-hydroxylation sites is 1.